The molecule has 1 amide bonds. The van der Waals surface area contributed by atoms with E-state index in [-0.39, 0.29) is 17.9 Å². The summed E-state index contributed by atoms with van der Waals surface area (Å²) in [4.78, 5) is 13.3. The number of benzene rings is 3. The van der Waals surface area contributed by atoms with Gasteiger partial charge in [0.1, 0.15) is 5.75 Å². The summed E-state index contributed by atoms with van der Waals surface area (Å²) in [5, 5.41) is 5.23. The van der Waals surface area contributed by atoms with Crippen molar-refractivity contribution in [2.75, 3.05) is 20.3 Å². The largest absolute Gasteiger partial charge is 0.496 e. The van der Waals surface area contributed by atoms with Gasteiger partial charge < -0.3 is 19.5 Å². The number of hydrogen-bond acceptors (Lipinski definition) is 4. The van der Waals surface area contributed by atoms with Crippen LogP contribution in [-0.4, -0.2) is 26.2 Å². The molecule has 1 N–H and O–H groups in total. The first-order chi connectivity index (χ1) is 14.6. The smallest absolute Gasteiger partial charge is 0.255 e. The van der Waals surface area contributed by atoms with Crippen molar-refractivity contribution in [3.63, 3.8) is 0 Å². The van der Waals surface area contributed by atoms with Gasteiger partial charge in [0.25, 0.3) is 5.91 Å². The van der Waals surface area contributed by atoms with Gasteiger partial charge in [-0.1, -0.05) is 44.2 Å². The summed E-state index contributed by atoms with van der Waals surface area (Å²) >= 11 is 0. The van der Waals surface area contributed by atoms with Gasteiger partial charge in [0, 0.05) is 6.42 Å². The first kappa shape index (κ1) is 20.1. The third kappa shape index (κ3) is 4.06. The number of carbonyl (C=O) groups is 1. The highest BCUT2D eigenvalue weighted by Gasteiger charge is 2.23. The normalized spacial score (nSPS) is 14.3. The fraction of sp³-hybridized carbons (Fsp3) is 0.320. The Labute approximate surface area is 177 Å². The molecule has 0 spiro atoms. The van der Waals surface area contributed by atoms with Crippen molar-refractivity contribution in [3.8, 4) is 17.2 Å². The van der Waals surface area contributed by atoms with E-state index >= 15 is 0 Å². The molecule has 0 bridgehead atoms. The van der Waals surface area contributed by atoms with Crippen molar-refractivity contribution in [3.05, 3.63) is 65.7 Å². The Balaban J connectivity index is 1.65. The first-order valence-corrected chi connectivity index (χ1v) is 10.3. The van der Waals surface area contributed by atoms with Crippen LogP contribution in [0.4, 0.5) is 0 Å². The summed E-state index contributed by atoms with van der Waals surface area (Å²) in [6, 6.07) is 17.4. The summed E-state index contributed by atoms with van der Waals surface area (Å²) in [6.07, 6.45) is 0.857. The molecule has 1 atom stereocenters. The van der Waals surface area contributed by atoms with Crippen molar-refractivity contribution in [1.29, 1.82) is 0 Å². The van der Waals surface area contributed by atoms with E-state index in [0.29, 0.717) is 24.5 Å². The molecule has 5 heteroatoms. The minimum Gasteiger partial charge on any atom is -0.496 e. The molecule has 0 saturated carbocycles. The molecule has 0 aliphatic carbocycles. The van der Waals surface area contributed by atoms with E-state index < -0.39 is 0 Å². The number of fused-ring (bicyclic) bond motifs is 2. The lowest BCUT2D eigenvalue weighted by Gasteiger charge is -2.24. The van der Waals surface area contributed by atoms with Gasteiger partial charge in [-0.2, -0.15) is 0 Å². The van der Waals surface area contributed by atoms with E-state index in [1.165, 1.54) is 0 Å². The number of hydrogen-bond donors (Lipinski definition) is 1. The SMILES string of the molecule is COc1cc2ccccc2cc1C(=O)N[C@@H](c1ccc2c(c1)OCCCO2)C(C)C. The Morgan fingerprint density at radius 2 is 1.67 bits per heavy atom. The molecule has 1 aliphatic heterocycles. The minimum atomic E-state index is -0.175. The monoisotopic (exact) mass is 405 g/mol. The highest BCUT2D eigenvalue weighted by molar-refractivity contribution is 6.01. The molecular weight excluding hydrogens is 378 g/mol. The summed E-state index contributed by atoms with van der Waals surface area (Å²) < 4.78 is 17.1. The third-order valence-electron chi connectivity index (χ3n) is 5.40. The quantitative estimate of drug-likeness (QED) is 0.639. The third-order valence-corrected chi connectivity index (χ3v) is 5.40. The molecule has 1 heterocycles. The Kier molecular flexibility index (Phi) is 5.79. The van der Waals surface area contributed by atoms with Crippen molar-refractivity contribution in [2.45, 2.75) is 26.3 Å². The van der Waals surface area contributed by atoms with Gasteiger partial charge in [-0.3, -0.25) is 4.79 Å². The van der Waals surface area contributed by atoms with E-state index in [1.807, 2.05) is 54.6 Å². The molecule has 4 rings (SSSR count). The maximum atomic E-state index is 13.3. The molecule has 0 unspecified atom stereocenters. The topological polar surface area (TPSA) is 56.8 Å². The molecular formula is C25H27NO4. The molecule has 3 aromatic rings. The van der Waals surface area contributed by atoms with Gasteiger partial charge in [-0.15, -0.1) is 0 Å². The van der Waals surface area contributed by atoms with Gasteiger partial charge >= 0.3 is 0 Å². The lowest BCUT2D eigenvalue weighted by Crippen LogP contribution is -2.32. The zero-order valence-corrected chi connectivity index (χ0v) is 17.6. The van der Waals surface area contributed by atoms with Crippen LogP contribution in [0.2, 0.25) is 0 Å². The van der Waals surface area contributed by atoms with Crippen molar-refractivity contribution >= 4 is 16.7 Å². The Morgan fingerprint density at radius 1 is 0.967 bits per heavy atom. The van der Waals surface area contributed by atoms with Crippen LogP contribution in [0.1, 0.15) is 42.2 Å². The zero-order valence-electron chi connectivity index (χ0n) is 17.6. The van der Waals surface area contributed by atoms with E-state index in [4.69, 9.17) is 14.2 Å². The number of ether oxygens (including phenoxy) is 3. The predicted octanol–water partition coefficient (Wildman–Crippen LogP) is 5.14. The van der Waals surface area contributed by atoms with Crippen LogP contribution in [-0.2, 0) is 0 Å². The predicted molar refractivity (Wildman–Crippen MR) is 118 cm³/mol. The molecule has 0 saturated heterocycles. The van der Waals surface area contributed by atoms with Crippen LogP contribution in [0, 0.1) is 5.92 Å². The van der Waals surface area contributed by atoms with E-state index in [1.54, 1.807) is 7.11 Å². The van der Waals surface area contributed by atoms with Crippen LogP contribution in [0.25, 0.3) is 10.8 Å². The van der Waals surface area contributed by atoms with Gasteiger partial charge in [0.05, 0.1) is 31.9 Å². The highest BCUT2D eigenvalue weighted by atomic mass is 16.5. The van der Waals surface area contributed by atoms with Gasteiger partial charge in [-0.25, -0.2) is 0 Å². The summed E-state index contributed by atoms with van der Waals surface area (Å²) in [5.74, 6) is 2.07. The lowest BCUT2D eigenvalue weighted by molar-refractivity contribution is 0.0922. The second-order valence-electron chi connectivity index (χ2n) is 7.85. The number of carbonyl (C=O) groups excluding carboxylic acids is 1. The molecule has 5 nitrogen and oxygen atoms in total. The van der Waals surface area contributed by atoms with Crippen LogP contribution >= 0.6 is 0 Å². The van der Waals surface area contributed by atoms with Crippen molar-refractivity contribution in [1.82, 2.24) is 5.32 Å². The average Bonchev–Trinajstić information content (AvgIpc) is 3.01. The minimum absolute atomic E-state index is 0.164. The fourth-order valence-corrected chi connectivity index (χ4v) is 3.79. The van der Waals surface area contributed by atoms with Crippen LogP contribution in [0.15, 0.2) is 54.6 Å². The number of amides is 1. The van der Waals surface area contributed by atoms with E-state index in [0.717, 1.165) is 34.3 Å². The van der Waals surface area contributed by atoms with Gasteiger partial charge in [0.15, 0.2) is 11.5 Å². The second kappa shape index (κ2) is 8.66. The molecule has 0 aromatic heterocycles. The van der Waals surface area contributed by atoms with Gasteiger partial charge in [0.2, 0.25) is 0 Å². The zero-order chi connectivity index (χ0) is 21.1. The lowest BCUT2D eigenvalue weighted by atomic mass is 9.95. The van der Waals surface area contributed by atoms with Crippen LogP contribution in [0.3, 0.4) is 0 Å². The Bertz CT molecular complexity index is 1060. The second-order valence-corrected chi connectivity index (χ2v) is 7.85. The molecule has 1 aliphatic rings. The van der Waals surface area contributed by atoms with Gasteiger partial charge in [-0.05, 0) is 46.5 Å². The van der Waals surface area contributed by atoms with E-state index in [2.05, 4.69) is 19.2 Å². The standard InChI is InChI=1S/C25H27NO4/c1-16(2)24(19-9-10-21-23(15-19)30-12-6-11-29-21)26-25(27)20-13-17-7-4-5-8-18(17)14-22(20)28-3/h4-5,7-10,13-16,24H,6,11-12H2,1-3H3,(H,26,27)/t24-/m1/s1. The molecule has 0 fully saturated rings. The number of rotatable bonds is 5. The Hall–Kier alpha value is -3.21. The Morgan fingerprint density at radius 3 is 2.37 bits per heavy atom. The number of nitrogens with one attached hydrogen (secondary N) is 1. The maximum Gasteiger partial charge on any atom is 0.255 e. The average molecular weight is 405 g/mol. The highest BCUT2D eigenvalue weighted by Crippen LogP contribution is 2.35. The first-order valence-electron chi connectivity index (χ1n) is 10.3. The molecule has 3 aromatic carbocycles. The summed E-state index contributed by atoms with van der Waals surface area (Å²) in [5.41, 5.74) is 1.51. The van der Waals surface area contributed by atoms with Crippen molar-refractivity contribution in [2.24, 2.45) is 5.92 Å². The van der Waals surface area contributed by atoms with Crippen molar-refractivity contribution < 1.29 is 19.0 Å². The molecule has 0 radical (unpaired) electrons. The molecule has 156 valence electrons. The molecule has 30 heavy (non-hydrogen) atoms. The van der Waals surface area contributed by atoms with Crippen LogP contribution in [0.5, 0.6) is 17.2 Å². The maximum absolute atomic E-state index is 13.3. The summed E-state index contributed by atoms with van der Waals surface area (Å²) in [7, 11) is 1.59. The van der Waals surface area contributed by atoms with E-state index in [9.17, 15) is 4.79 Å². The fourth-order valence-electron chi connectivity index (χ4n) is 3.79. The van der Waals surface area contributed by atoms with Crippen LogP contribution < -0.4 is 19.5 Å². The summed E-state index contributed by atoms with van der Waals surface area (Å²) in [6.45, 7) is 5.46. The number of methoxy groups -OCH3 is 1.